The van der Waals surface area contributed by atoms with Gasteiger partial charge >= 0.3 is 0 Å². The monoisotopic (exact) mass is 367 g/mol. The van der Waals surface area contributed by atoms with Crippen LogP contribution in [0.15, 0.2) is 27.2 Å². The lowest BCUT2D eigenvalue weighted by Gasteiger charge is -2.30. The van der Waals surface area contributed by atoms with Gasteiger partial charge in [-0.3, -0.25) is 4.79 Å². The molecule has 1 fully saturated rings. The van der Waals surface area contributed by atoms with Gasteiger partial charge in [-0.25, -0.2) is 4.39 Å². The molecular weight excluding hydrogens is 353 g/mol. The minimum atomic E-state index is -0.418. The number of carbonyl (C=O) groups is 1. The molecule has 2 aromatic rings. The predicted octanol–water partition coefficient (Wildman–Crippen LogP) is 3.36. The molecule has 7 heteroatoms. The summed E-state index contributed by atoms with van der Waals surface area (Å²) in [4.78, 5) is 17.6. The number of nitrogens with zero attached hydrogens (tertiary/aromatic N) is 3. The highest BCUT2D eigenvalue weighted by Crippen LogP contribution is 2.29. The Morgan fingerprint density at radius 3 is 3.05 bits per heavy atom. The van der Waals surface area contributed by atoms with Crippen LogP contribution in [0.25, 0.3) is 11.5 Å². The maximum Gasteiger partial charge on any atom is 0.260 e. The number of amides is 1. The molecule has 1 amide bonds. The van der Waals surface area contributed by atoms with Gasteiger partial charge < -0.3 is 9.42 Å². The second-order valence-corrected chi connectivity index (χ2v) is 6.30. The minimum Gasteiger partial charge on any atom is -0.342 e. The maximum atomic E-state index is 13.9. The molecule has 5 nitrogen and oxygen atoms in total. The molecule has 0 spiro atoms. The first-order valence-electron chi connectivity index (χ1n) is 7.09. The summed E-state index contributed by atoms with van der Waals surface area (Å²) in [5, 5.41) is 3.97. The number of aromatic nitrogens is 2. The maximum absolute atomic E-state index is 13.9. The molecule has 0 radical (unpaired) electrons. The van der Waals surface area contributed by atoms with Gasteiger partial charge in [0, 0.05) is 30.4 Å². The minimum absolute atomic E-state index is 0.0358. The predicted molar refractivity (Wildman–Crippen MR) is 81.6 cm³/mol. The van der Waals surface area contributed by atoms with Crippen LogP contribution in [0.3, 0.4) is 0 Å². The normalized spacial score (nSPS) is 18.5. The largest absolute Gasteiger partial charge is 0.342 e. The topological polar surface area (TPSA) is 59.2 Å². The summed E-state index contributed by atoms with van der Waals surface area (Å²) >= 11 is 3.21. The average molecular weight is 368 g/mol. The molecule has 0 saturated carbocycles. The van der Waals surface area contributed by atoms with Crippen LogP contribution in [-0.2, 0) is 4.79 Å². The number of hydrogen-bond acceptors (Lipinski definition) is 4. The summed E-state index contributed by atoms with van der Waals surface area (Å²) in [5.74, 6) is 0.364. The number of halogens is 2. The Morgan fingerprint density at radius 2 is 2.32 bits per heavy atom. The van der Waals surface area contributed by atoms with E-state index in [0.717, 1.165) is 19.4 Å². The number of rotatable bonds is 2. The molecule has 1 aliphatic heterocycles. The van der Waals surface area contributed by atoms with E-state index in [4.69, 9.17) is 4.52 Å². The molecule has 0 aliphatic carbocycles. The SMILES string of the molecule is CC(=O)N1CCCC(c2noc(-c3ccc(Br)cc3F)n2)C1. The van der Waals surface area contributed by atoms with Crippen molar-refractivity contribution < 1.29 is 13.7 Å². The molecule has 1 aliphatic rings. The number of likely N-dealkylation sites (tertiary alicyclic amines) is 1. The fraction of sp³-hybridized carbons (Fsp3) is 0.400. The third kappa shape index (κ3) is 3.04. The van der Waals surface area contributed by atoms with E-state index >= 15 is 0 Å². The van der Waals surface area contributed by atoms with Crippen LogP contribution in [0.2, 0.25) is 0 Å². The second kappa shape index (κ2) is 6.16. The summed E-state index contributed by atoms with van der Waals surface area (Å²) in [7, 11) is 0. The lowest BCUT2D eigenvalue weighted by molar-refractivity contribution is -0.130. The highest BCUT2D eigenvalue weighted by Gasteiger charge is 2.27. The van der Waals surface area contributed by atoms with Crippen LogP contribution < -0.4 is 0 Å². The molecule has 0 bridgehead atoms. The molecule has 3 rings (SSSR count). The Kier molecular flexibility index (Phi) is 4.24. The Balaban J connectivity index is 1.83. The molecule has 1 aromatic heterocycles. The summed E-state index contributed by atoms with van der Waals surface area (Å²) in [6, 6.07) is 4.68. The van der Waals surface area contributed by atoms with E-state index in [1.807, 2.05) is 0 Å². The summed E-state index contributed by atoms with van der Waals surface area (Å²) < 4.78 is 19.8. The molecule has 1 atom stereocenters. The molecule has 116 valence electrons. The van der Waals surface area contributed by atoms with Crippen LogP contribution in [0.5, 0.6) is 0 Å². The van der Waals surface area contributed by atoms with Gasteiger partial charge in [-0.1, -0.05) is 21.1 Å². The van der Waals surface area contributed by atoms with Gasteiger partial charge in [0.25, 0.3) is 5.89 Å². The molecule has 1 unspecified atom stereocenters. The van der Waals surface area contributed by atoms with Gasteiger partial charge in [0.2, 0.25) is 5.91 Å². The molecule has 2 heterocycles. The lowest BCUT2D eigenvalue weighted by Crippen LogP contribution is -2.37. The molecule has 1 saturated heterocycles. The van der Waals surface area contributed by atoms with Gasteiger partial charge in [-0.2, -0.15) is 4.98 Å². The van der Waals surface area contributed by atoms with Gasteiger partial charge in [0.05, 0.1) is 5.56 Å². The van der Waals surface area contributed by atoms with Crippen LogP contribution in [0.1, 0.15) is 31.5 Å². The first-order chi connectivity index (χ1) is 10.5. The lowest BCUT2D eigenvalue weighted by atomic mass is 9.97. The highest BCUT2D eigenvalue weighted by molar-refractivity contribution is 9.10. The Hall–Kier alpha value is -1.76. The van der Waals surface area contributed by atoms with Crippen molar-refractivity contribution in [2.45, 2.75) is 25.7 Å². The Morgan fingerprint density at radius 1 is 1.50 bits per heavy atom. The zero-order chi connectivity index (χ0) is 15.7. The first-order valence-corrected chi connectivity index (χ1v) is 7.88. The molecule has 0 N–H and O–H groups in total. The van der Waals surface area contributed by atoms with Crippen molar-refractivity contribution in [3.05, 3.63) is 34.3 Å². The first kappa shape index (κ1) is 15.1. The zero-order valence-corrected chi connectivity index (χ0v) is 13.6. The van der Waals surface area contributed by atoms with Crippen molar-refractivity contribution in [3.8, 4) is 11.5 Å². The van der Waals surface area contributed by atoms with Gasteiger partial charge in [-0.05, 0) is 31.0 Å². The van der Waals surface area contributed by atoms with E-state index < -0.39 is 5.82 Å². The van der Waals surface area contributed by atoms with E-state index in [9.17, 15) is 9.18 Å². The van der Waals surface area contributed by atoms with Crippen molar-refractivity contribution in [1.82, 2.24) is 15.0 Å². The molecular formula is C15H15BrFN3O2. The highest BCUT2D eigenvalue weighted by atomic mass is 79.9. The van der Waals surface area contributed by atoms with Crippen molar-refractivity contribution in [3.63, 3.8) is 0 Å². The van der Waals surface area contributed by atoms with E-state index in [1.165, 1.54) is 6.07 Å². The van der Waals surface area contributed by atoms with Crippen LogP contribution >= 0.6 is 15.9 Å². The number of benzene rings is 1. The van der Waals surface area contributed by atoms with E-state index in [-0.39, 0.29) is 23.3 Å². The van der Waals surface area contributed by atoms with Crippen molar-refractivity contribution in [1.29, 1.82) is 0 Å². The van der Waals surface area contributed by atoms with E-state index in [2.05, 4.69) is 26.1 Å². The van der Waals surface area contributed by atoms with Gasteiger partial charge in [0.15, 0.2) is 5.82 Å². The molecule has 1 aromatic carbocycles. The summed E-state index contributed by atoms with van der Waals surface area (Å²) in [6.45, 7) is 2.90. The number of hydrogen-bond donors (Lipinski definition) is 0. The summed E-state index contributed by atoms with van der Waals surface area (Å²) in [6.07, 6.45) is 1.80. The van der Waals surface area contributed by atoms with Crippen LogP contribution in [0, 0.1) is 5.82 Å². The van der Waals surface area contributed by atoms with Crippen molar-refractivity contribution in [2.24, 2.45) is 0 Å². The van der Waals surface area contributed by atoms with Gasteiger partial charge in [-0.15, -0.1) is 0 Å². The fourth-order valence-electron chi connectivity index (χ4n) is 2.65. The number of carbonyl (C=O) groups excluding carboxylic acids is 1. The van der Waals surface area contributed by atoms with Crippen LogP contribution in [0.4, 0.5) is 4.39 Å². The Labute approximate surface area is 135 Å². The van der Waals surface area contributed by atoms with E-state index in [1.54, 1.807) is 24.0 Å². The average Bonchev–Trinajstić information content (AvgIpc) is 2.97. The van der Waals surface area contributed by atoms with Crippen LogP contribution in [-0.4, -0.2) is 34.0 Å². The van der Waals surface area contributed by atoms with Crippen molar-refractivity contribution in [2.75, 3.05) is 13.1 Å². The number of piperidine rings is 1. The van der Waals surface area contributed by atoms with E-state index in [0.29, 0.717) is 16.8 Å². The third-order valence-corrected chi connectivity index (χ3v) is 4.33. The van der Waals surface area contributed by atoms with Crippen molar-refractivity contribution >= 4 is 21.8 Å². The summed E-state index contributed by atoms with van der Waals surface area (Å²) in [5.41, 5.74) is 0.279. The van der Waals surface area contributed by atoms with Gasteiger partial charge in [0.1, 0.15) is 5.82 Å². The smallest absolute Gasteiger partial charge is 0.260 e. The zero-order valence-electron chi connectivity index (χ0n) is 12.1. The fourth-order valence-corrected chi connectivity index (χ4v) is 2.98. The quantitative estimate of drug-likeness (QED) is 0.816. The Bertz CT molecular complexity index is 704. The second-order valence-electron chi connectivity index (χ2n) is 5.39. The molecule has 22 heavy (non-hydrogen) atoms. The standard InChI is InChI=1S/C15H15BrFN3O2/c1-9(21)20-6-2-3-10(8-20)14-18-15(22-19-14)12-5-4-11(16)7-13(12)17/h4-5,7,10H,2-3,6,8H2,1H3. The third-order valence-electron chi connectivity index (χ3n) is 3.84.